The third-order valence-electron chi connectivity index (χ3n) is 4.75. The van der Waals surface area contributed by atoms with Gasteiger partial charge in [0.05, 0.1) is 5.56 Å². The van der Waals surface area contributed by atoms with Crippen LogP contribution in [0.2, 0.25) is 0 Å². The van der Waals surface area contributed by atoms with Crippen LogP contribution >= 0.6 is 11.3 Å². The zero-order valence-electron chi connectivity index (χ0n) is 15.6. The molecule has 3 aromatic rings. The molecule has 1 aromatic carbocycles. The number of hydrogen-bond acceptors (Lipinski definition) is 5. The Kier molecular flexibility index (Phi) is 4.61. The van der Waals surface area contributed by atoms with E-state index in [0.29, 0.717) is 18.7 Å². The number of fused-ring (bicyclic) bond motifs is 1. The lowest BCUT2D eigenvalue weighted by Gasteiger charge is -2.21. The van der Waals surface area contributed by atoms with E-state index in [0.717, 1.165) is 33.6 Å². The summed E-state index contributed by atoms with van der Waals surface area (Å²) in [5.41, 5.74) is 3.65. The Hall–Kier alpha value is -2.80. The van der Waals surface area contributed by atoms with Gasteiger partial charge >= 0.3 is 0 Å². The normalized spacial score (nSPS) is 12.4. The molecule has 0 radical (unpaired) electrons. The van der Waals surface area contributed by atoms with Crippen LogP contribution < -0.4 is 9.47 Å². The van der Waals surface area contributed by atoms with Crippen molar-refractivity contribution in [3.8, 4) is 16.6 Å². The largest absolute Gasteiger partial charge is 0.454 e. The fraction of sp³-hybridized carbons (Fsp3) is 0.300. The maximum absolute atomic E-state index is 13.2. The van der Waals surface area contributed by atoms with E-state index in [1.807, 2.05) is 59.9 Å². The summed E-state index contributed by atoms with van der Waals surface area (Å²) in [5, 5.41) is 2.82. The maximum Gasteiger partial charge on any atom is 0.255 e. The molecule has 1 amide bonds. The summed E-state index contributed by atoms with van der Waals surface area (Å²) in [7, 11) is 0. The van der Waals surface area contributed by atoms with Crippen molar-refractivity contribution >= 4 is 17.2 Å². The molecular formula is C20H21N3O3S. The SMILES string of the molecule is CCN(Cc1ccc2c(c1)OCO2)C(=O)c1cc(C)n(-c2nccs2)c1C. The molecule has 1 aliphatic rings. The second-order valence-corrected chi connectivity index (χ2v) is 7.31. The average molecular weight is 383 g/mol. The van der Waals surface area contributed by atoms with Crippen LogP contribution in [0.15, 0.2) is 35.8 Å². The molecule has 0 N–H and O–H groups in total. The molecule has 4 rings (SSSR count). The quantitative estimate of drug-likeness (QED) is 0.670. The molecule has 1 aliphatic heterocycles. The van der Waals surface area contributed by atoms with Gasteiger partial charge in [-0.05, 0) is 44.5 Å². The zero-order chi connectivity index (χ0) is 19.0. The number of nitrogens with zero attached hydrogens (tertiary/aromatic N) is 3. The van der Waals surface area contributed by atoms with Crippen molar-refractivity contribution in [3.05, 3.63) is 58.4 Å². The van der Waals surface area contributed by atoms with E-state index in [-0.39, 0.29) is 12.7 Å². The molecule has 0 unspecified atom stereocenters. The number of aryl methyl sites for hydroxylation is 1. The minimum atomic E-state index is 0.0195. The first-order valence-electron chi connectivity index (χ1n) is 8.85. The maximum atomic E-state index is 13.2. The number of carbonyl (C=O) groups is 1. The van der Waals surface area contributed by atoms with Crippen molar-refractivity contribution in [1.82, 2.24) is 14.5 Å². The monoisotopic (exact) mass is 383 g/mol. The van der Waals surface area contributed by atoms with Crippen molar-refractivity contribution < 1.29 is 14.3 Å². The highest BCUT2D eigenvalue weighted by Crippen LogP contribution is 2.33. The van der Waals surface area contributed by atoms with E-state index in [4.69, 9.17) is 9.47 Å². The van der Waals surface area contributed by atoms with Gasteiger partial charge in [-0.2, -0.15) is 0 Å². The van der Waals surface area contributed by atoms with Gasteiger partial charge in [0.2, 0.25) is 6.79 Å². The Balaban J connectivity index is 1.60. The summed E-state index contributed by atoms with van der Waals surface area (Å²) in [5.74, 6) is 1.50. The highest BCUT2D eigenvalue weighted by Gasteiger charge is 2.22. The van der Waals surface area contributed by atoms with Gasteiger partial charge in [0.25, 0.3) is 5.91 Å². The van der Waals surface area contributed by atoms with E-state index in [9.17, 15) is 4.79 Å². The van der Waals surface area contributed by atoms with Crippen molar-refractivity contribution in [3.63, 3.8) is 0 Å². The van der Waals surface area contributed by atoms with Crippen LogP contribution in [0, 0.1) is 13.8 Å². The summed E-state index contributed by atoms with van der Waals surface area (Å²) < 4.78 is 12.8. The highest BCUT2D eigenvalue weighted by molar-refractivity contribution is 7.12. The van der Waals surface area contributed by atoms with Gasteiger partial charge in [-0.25, -0.2) is 4.98 Å². The van der Waals surface area contributed by atoms with Crippen LogP contribution in [0.5, 0.6) is 11.5 Å². The number of ether oxygens (including phenoxy) is 2. The van der Waals surface area contributed by atoms with Crippen LogP contribution in [-0.4, -0.2) is 33.7 Å². The van der Waals surface area contributed by atoms with Crippen molar-refractivity contribution in [2.75, 3.05) is 13.3 Å². The lowest BCUT2D eigenvalue weighted by molar-refractivity contribution is 0.0751. The molecule has 3 heterocycles. The number of rotatable bonds is 5. The standard InChI is InChI=1S/C20H21N3O3S/c1-4-22(11-15-5-6-17-18(10-15)26-12-25-17)19(24)16-9-13(2)23(14(16)3)20-21-7-8-27-20/h5-10H,4,11-12H2,1-3H3. The topological polar surface area (TPSA) is 56.6 Å². The van der Waals surface area contributed by atoms with Gasteiger partial charge in [-0.1, -0.05) is 6.07 Å². The molecule has 0 saturated heterocycles. The number of aromatic nitrogens is 2. The third-order valence-corrected chi connectivity index (χ3v) is 5.51. The molecule has 6 nitrogen and oxygen atoms in total. The smallest absolute Gasteiger partial charge is 0.255 e. The Morgan fingerprint density at radius 3 is 2.81 bits per heavy atom. The Morgan fingerprint density at radius 1 is 1.26 bits per heavy atom. The van der Waals surface area contributed by atoms with E-state index >= 15 is 0 Å². The van der Waals surface area contributed by atoms with Crippen molar-refractivity contribution in [1.29, 1.82) is 0 Å². The second-order valence-electron chi connectivity index (χ2n) is 6.44. The first-order valence-corrected chi connectivity index (χ1v) is 9.73. The van der Waals surface area contributed by atoms with Gasteiger partial charge in [0.15, 0.2) is 16.6 Å². The Labute approximate surface area is 162 Å². The van der Waals surface area contributed by atoms with Crippen LogP contribution in [0.1, 0.15) is 34.2 Å². The van der Waals surface area contributed by atoms with E-state index in [1.165, 1.54) is 0 Å². The van der Waals surface area contributed by atoms with E-state index in [1.54, 1.807) is 17.5 Å². The van der Waals surface area contributed by atoms with Crippen molar-refractivity contribution in [2.45, 2.75) is 27.3 Å². The van der Waals surface area contributed by atoms with Gasteiger partial charge in [-0.15, -0.1) is 11.3 Å². The lowest BCUT2D eigenvalue weighted by Crippen LogP contribution is -2.30. The van der Waals surface area contributed by atoms with E-state index < -0.39 is 0 Å². The molecule has 27 heavy (non-hydrogen) atoms. The number of thiazole rings is 1. The number of hydrogen-bond donors (Lipinski definition) is 0. The minimum Gasteiger partial charge on any atom is -0.454 e. The highest BCUT2D eigenvalue weighted by atomic mass is 32.1. The summed E-state index contributed by atoms with van der Waals surface area (Å²) >= 11 is 1.56. The Morgan fingerprint density at radius 2 is 2.07 bits per heavy atom. The van der Waals surface area contributed by atoms with Gasteiger partial charge in [0.1, 0.15) is 0 Å². The van der Waals surface area contributed by atoms with E-state index in [2.05, 4.69) is 4.98 Å². The fourth-order valence-corrected chi connectivity index (χ4v) is 4.11. The summed E-state index contributed by atoms with van der Waals surface area (Å²) in [6.45, 7) is 7.35. The van der Waals surface area contributed by atoms with Gasteiger partial charge in [0, 0.05) is 36.1 Å². The van der Waals surface area contributed by atoms with Crippen molar-refractivity contribution in [2.24, 2.45) is 0 Å². The first-order chi connectivity index (χ1) is 13.1. The molecule has 0 aliphatic carbocycles. The summed E-state index contributed by atoms with van der Waals surface area (Å²) in [6.07, 6.45) is 1.78. The van der Waals surface area contributed by atoms with Gasteiger partial charge in [-0.3, -0.25) is 9.36 Å². The molecule has 140 valence electrons. The average Bonchev–Trinajstić information content (AvgIpc) is 3.39. The lowest BCUT2D eigenvalue weighted by atomic mass is 10.1. The molecule has 7 heteroatoms. The third kappa shape index (κ3) is 3.19. The molecule has 2 aromatic heterocycles. The van der Waals surface area contributed by atoms with Gasteiger partial charge < -0.3 is 14.4 Å². The molecule has 0 bridgehead atoms. The second kappa shape index (κ2) is 7.08. The fourth-order valence-electron chi connectivity index (χ4n) is 3.36. The van der Waals surface area contributed by atoms with Crippen LogP contribution in [0.4, 0.5) is 0 Å². The molecule has 0 fully saturated rings. The van der Waals surface area contributed by atoms with Crippen LogP contribution in [0.3, 0.4) is 0 Å². The van der Waals surface area contributed by atoms with Crippen LogP contribution in [0.25, 0.3) is 5.13 Å². The number of amides is 1. The predicted octanol–water partition coefficient (Wildman–Crippen LogP) is 3.94. The minimum absolute atomic E-state index is 0.0195. The molecule has 0 spiro atoms. The molecule has 0 atom stereocenters. The molecule has 0 saturated carbocycles. The first kappa shape index (κ1) is 17.6. The Bertz CT molecular complexity index is 979. The zero-order valence-corrected chi connectivity index (χ0v) is 16.4. The molecular weight excluding hydrogens is 362 g/mol. The number of benzene rings is 1. The van der Waals surface area contributed by atoms with Crippen LogP contribution in [-0.2, 0) is 6.54 Å². The summed E-state index contributed by atoms with van der Waals surface area (Å²) in [6, 6.07) is 7.76. The predicted molar refractivity (Wildman–Crippen MR) is 104 cm³/mol. The number of carbonyl (C=O) groups excluding carboxylic acids is 1. The summed E-state index contributed by atoms with van der Waals surface area (Å²) in [4.78, 5) is 19.4.